The summed E-state index contributed by atoms with van der Waals surface area (Å²) in [4.78, 5) is 4.49. The van der Waals surface area contributed by atoms with E-state index in [2.05, 4.69) is 16.5 Å². The minimum Gasteiger partial charge on any atom is -0.334 e. The summed E-state index contributed by atoms with van der Waals surface area (Å²) in [5, 5.41) is 0. The maximum Gasteiger partial charge on any atom is 0.416 e. The average Bonchev–Trinajstić information content (AvgIpc) is 2.81. The highest BCUT2D eigenvalue weighted by atomic mass is 19.4. The number of aromatic nitrogens is 2. The monoisotopic (exact) mass is 280 g/mol. The highest BCUT2D eigenvalue weighted by Crippen LogP contribution is 2.32. The van der Waals surface area contributed by atoms with Gasteiger partial charge in [0.15, 0.2) is 0 Å². The molecule has 0 saturated heterocycles. The number of hydrogen-bond donors (Lipinski definition) is 0. The lowest BCUT2D eigenvalue weighted by Gasteiger charge is -2.18. The van der Waals surface area contributed by atoms with E-state index in [0.29, 0.717) is 17.2 Å². The Kier molecular flexibility index (Phi) is 3.07. The third kappa shape index (κ3) is 2.44. The molecule has 1 aliphatic heterocycles. The van der Waals surface area contributed by atoms with Crippen LogP contribution in [0.1, 0.15) is 24.7 Å². The molecule has 3 rings (SSSR count). The molecule has 0 saturated carbocycles. The first-order valence-corrected chi connectivity index (χ1v) is 6.67. The molecule has 2 aromatic rings. The second-order valence-corrected chi connectivity index (χ2v) is 5.41. The second-order valence-electron chi connectivity index (χ2n) is 5.41. The number of alkyl halides is 3. The minimum absolute atomic E-state index is 0.523. The summed E-state index contributed by atoms with van der Waals surface area (Å²) in [6, 6.07) is 5.35. The first-order valence-electron chi connectivity index (χ1n) is 6.67. The third-order valence-corrected chi connectivity index (χ3v) is 3.74. The predicted octanol–water partition coefficient (Wildman–Crippen LogP) is 4.15. The van der Waals surface area contributed by atoms with E-state index >= 15 is 0 Å². The van der Waals surface area contributed by atoms with Crippen LogP contribution < -0.4 is 0 Å². The summed E-state index contributed by atoms with van der Waals surface area (Å²) < 4.78 is 40.3. The maximum atomic E-state index is 12.7. The Hall–Kier alpha value is -1.78. The first-order chi connectivity index (χ1) is 9.43. The van der Waals surface area contributed by atoms with Crippen LogP contribution in [0.5, 0.6) is 0 Å². The SMILES string of the molecule is CC1CCn2cc(-c3cccc(C(F)(F)F)c3)nc2C1. The topological polar surface area (TPSA) is 17.8 Å². The van der Waals surface area contributed by atoms with Gasteiger partial charge >= 0.3 is 6.18 Å². The van der Waals surface area contributed by atoms with Gasteiger partial charge in [-0.2, -0.15) is 13.2 Å². The Morgan fingerprint density at radius 3 is 2.85 bits per heavy atom. The molecule has 1 aromatic heterocycles. The zero-order valence-electron chi connectivity index (χ0n) is 11.1. The van der Waals surface area contributed by atoms with Crippen molar-refractivity contribution in [3.63, 3.8) is 0 Å². The molecular formula is C15H15F3N2. The van der Waals surface area contributed by atoms with Crippen molar-refractivity contribution in [2.45, 2.75) is 32.5 Å². The number of hydrogen-bond acceptors (Lipinski definition) is 1. The first kappa shape index (κ1) is 13.2. The van der Waals surface area contributed by atoms with E-state index in [9.17, 15) is 13.2 Å². The lowest BCUT2D eigenvalue weighted by Crippen LogP contribution is -2.16. The molecule has 1 aromatic carbocycles. The number of nitrogens with zero attached hydrogens (tertiary/aromatic N) is 2. The zero-order chi connectivity index (χ0) is 14.3. The van der Waals surface area contributed by atoms with Gasteiger partial charge in [-0.25, -0.2) is 4.98 Å². The fraction of sp³-hybridized carbons (Fsp3) is 0.400. The quantitative estimate of drug-likeness (QED) is 0.767. The van der Waals surface area contributed by atoms with E-state index in [0.717, 1.165) is 37.3 Å². The summed E-state index contributed by atoms with van der Waals surface area (Å²) in [6.07, 6.45) is -0.481. The highest BCUT2D eigenvalue weighted by molar-refractivity contribution is 5.60. The Morgan fingerprint density at radius 1 is 1.30 bits per heavy atom. The smallest absolute Gasteiger partial charge is 0.334 e. The Balaban J connectivity index is 1.98. The molecule has 0 radical (unpaired) electrons. The van der Waals surface area contributed by atoms with Gasteiger partial charge in [0.2, 0.25) is 0 Å². The molecule has 0 aliphatic carbocycles. The molecule has 1 atom stereocenters. The van der Waals surface area contributed by atoms with Crippen molar-refractivity contribution in [2.75, 3.05) is 0 Å². The number of benzene rings is 1. The molecular weight excluding hydrogens is 265 g/mol. The molecule has 0 amide bonds. The van der Waals surface area contributed by atoms with Crippen LogP contribution in [0.15, 0.2) is 30.5 Å². The summed E-state index contributed by atoms with van der Waals surface area (Å²) in [5.41, 5.74) is 0.518. The summed E-state index contributed by atoms with van der Waals surface area (Å²) in [5.74, 6) is 1.55. The number of imidazole rings is 1. The molecule has 5 heteroatoms. The van der Waals surface area contributed by atoms with Crippen molar-refractivity contribution in [3.8, 4) is 11.3 Å². The lowest BCUT2D eigenvalue weighted by molar-refractivity contribution is -0.137. The van der Waals surface area contributed by atoms with E-state index in [1.165, 1.54) is 6.07 Å². The normalized spacial score (nSPS) is 18.9. The van der Waals surface area contributed by atoms with E-state index in [1.54, 1.807) is 6.07 Å². The second kappa shape index (κ2) is 4.65. The van der Waals surface area contributed by atoms with Crippen molar-refractivity contribution in [1.29, 1.82) is 0 Å². The largest absolute Gasteiger partial charge is 0.416 e. The van der Waals surface area contributed by atoms with Gasteiger partial charge in [-0.05, 0) is 24.5 Å². The van der Waals surface area contributed by atoms with Crippen molar-refractivity contribution in [3.05, 3.63) is 41.9 Å². The Morgan fingerprint density at radius 2 is 2.10 bits per heavy atom. The highest BCUT2D eigenvalue weighted by Gasteiger charge is 2.30. The molecule has 0 fully saturated rings. The van der Waals surface area contributed by atoms with Crippen molar-refractivity contribution in [1.82, 2.24) is 9.55 Å². The fourth-order valence-electron chi connectivity index (χ4n) is 2.58. The molecule has 1 aliphatic rings. The van der Waals surface area contributed by atoms with Gasteiger partial charge in [0.1, 0.15) is 5.82 Å². The van der Waals surface area contributed by atoms with Gasteiger partial charge < -0.3 is 4.57 Å². The zero-order valence-corrected chi connectivity index (χ0v) is 11.1. The van der Waals surface area contributed by atoms with Crippen LogP contribution in [0.25, 0.3) is 11.3 Å². The van der Waals surface area contributed by atoms with E-state index in [4.69, 9.17) is 0 Å². The third-order valence-electron chi connectivity index (χ3n) is 3.74. The molecule has 0 N–H and O–H groups in total. The van der Waals surface area contributed by atoms with Crippen molar-refractivity contribution < 1.29 is 13.2 Å². The van der Waals surface area contributed by atoms with Gasteiger partial charge in [0, 0.05) is 24.7 Å². The van der Waals surface area contributed by atoms with Crippen LogP contribution >= 0.6 is 0 Å². The van der Waals surface area contributed by atoms with Gasteiger partial charge in [-0.15, -0.1) is 0 Å². The molecule has 2 nitrogen and oxygen atoms in total. The summed E-state index contributed by atoms with van der Waals surface area (Å²) in [7, 11) is 0. The van der Waals surface area contributed by atoms with E-state index in [1.807, 2.05) is 6.20 Å². The van der Waals surface area contributed by atoms with Gasteiger partial charge in [-0.3, -0.25) is 0 Å². The van der Waals surface area contributed by atoms with Crippen LogP contribution in [0.4, 0.5) is 13.2 Å². The maximum absolute atomic E-state index is 12.7. The van der Waals surface area contributed by atoms with Crippen LogP contribution in [0.3, 0.4) is 0 Å². The fourth-order valence-corrected chi connectivity index (χ4v) is 2.58. The Bertz CT molecular complexity index is 628. The number of fused-ring (bicyclic) bond motifs is 1. The molecule has 0 bridgehead atoms. The van der Waals surface area contributed by atoms with Gasteiger partial charge in [0.25, 0.3) is 0 Å². The van der Waals surface area contributed by atoms with Crippen molar-refractivity contribution >= 4 is 0 Å². The number of halogens is 3. The van der Waals surface area contributed by atoms with E-state index in [-0.39, 0.29) is 0 Å². The van der Waals surface area contributed by atoms with E-state index < -0.39 is 11.7 Å². The predicted molar refractivity (Wildman–Crippen MR) is 70.2 cm³/mol. The molecule has 0 spiro atoms. The van der Waals surface area contributed by atoms with Gasteiger partial charge in [0.05, 0.1) is 11.3 Å². The summed E-state index contributed by atoms with van der Waals surface area (Å²) >= 11 is 0. The van der Waals surface area contributed by atoms with Crippen LogP contribution in [-0.4, -0.2) is 9.55 Å². The van der Waals surface area contributed by atoms with Crippen LogP contribution in [0.2, 0.25) is 0 Å². The molecule has 2 heterocycles. The standard InChI is InChI=1S/C15H15F3N2/c1-10-5-6-20-9-13(19-14(20)7-10)11-3-2-4-12(8-11)15(16,17)18/h2-4,8-10H,5-7H2,1H3. The molecule has 20 heavy (non-hydrogen) atoms. The lowest BCUT2D eigenvalue weighted by atomic mass is 10.0. The number of rotatable bonds is 1. The van der Waals surface area contributed by atoms with Gasteiger partial charge in [-0.1, -0.05) is 19.1 Å². The summed E-state index contributed by atoms with van der Waals surface area (Å²) in [6.45, 7) is 3.06. The Labute approximate surface area is 115 Å². The molecule has 106 valence electrons. The average molecular weight is 280 g/mol. The number of aryl methyl sites for hydroxylation is 1. The minimum atomic E-state index is -4.32. The van der Waals surface area contributed by atoms with Crippen molar-refractivity contribution in [2.24, 2.45) is 5.92 Å². The van der Waals surface area contributed by atoms with Crippen LogP contribution in [0, 0.1) is 5.92 Å². The molecule has 1 unspecified atom stereocenters. The van der Waals surface area contributed by atoms with Crippen LogP contribution in [-0.2, 0) is 19.1 Å².